The Balaban J connectivity index is 3.99. The highest BCUT2D eigenvalue weighted by atomic mass is 32.2. The Labute approximate surface area is 88.3 Å². The fourth-order valence-corrected chi connectivity index (χ4v) is 2.47. The number of thioether (sulfide) groups is 1. The first-order valence-corrected chi connectivity index (χ1v) is 6.53. The fourth-order valence-electron chi connectivity index (χ4n) is 1.78. The Morgan fingerprint density at radius 2 is 1.92 bits per heavy atom. The zero-order valence-electron chi connectivity index (χ0n) is 10.1. The molecule has 0 aromatic carbocycles. The van der Waals surface area contributed by atoms with Crippen LogP contribution in [0.1, 0.15) is 34.1 Å². The van der Waals surface area contributed by atoms with Gasteiger partial charge in [0.15, 0.2) is 0 Å². The van der Waals surface area contributed by atoms with Gasteiger partial charge in [-0.3, -0.25) is 0 Å². The van der Waals surface area contributed by atoms with Crippen LogP contribution in [0.5, 0.6) is 0 Å². The van der Waals surface area contributed by atoms with E-state index in [9.17, 15) is 0 Å². The molecule has 0 fully saturated rings. The summed E-state index contributed by atoms with van der Waals surface area (Å²) >= 11 is 1.95. The third kappa shape index (κ3) is 4.92. The molecule has 0 aliphatic rings. The summed E-state index contributed by atoms with van der Waals surface area (Å²) < 4.78 is 0. The zero-order valence-corrected chi connectivity index (χ0v) is 10.9. The summed E-state index contributed by atoms with van der Waals surface area (Å²) in [6.45, 7) is 10.4. The minimum absolute atomic E-state index is 0.351. The molecule has 0 aliphatic carbocycles. The summed E-state index contributed by atoms with van der Waals surface area (Å²) in [4.78, 5) is 2.43. The van der Waals surface area contributed by atoms with Crippen LogP contribution in [0.4, 0.5) is 0 Å². The standard InChI is InChI=1S/C11H25NS/c1-7-12(5)11(3,4)8-10(2)9-13-6/h10H,7-9H2,1-6H3/t10-/m1/s1. The van der Waals surface area contributed by atoms with Crippen LogP contribution in [0.15, 0.2) is 0 Å². The Morgan fingerprint density at radius 1 is 1.38 bits per heavy atom. The van der Waals surface area contributed by atoms with Crippen LogP contribution in [-0.4, -0.2) is 36.0 Å². The molecule has 0 aromatic heterocycles. The molecule has 0 spiro atoms. The number of rotatable bonds is 6. The maximum absolute atomic E-state index is 2.43. The SMILES string of the molecule is CCN(C)C(C)(C)C[C@@H](C)CSC. The van der Waals surface area contributed by atoms with Crippen molar-refractivity contribution < 1.29 is 0 Å². The Morgan fingerprint density at radius 3 is 2.31 bits per heavy atom. The lowest BCUT2D eigenvalue weighted by Crippen LogP contribution is -2.42. The van der Waals surface area contributed by atoms with E-state index in [1.54, 1.807) is 0 Å². The minimum atomic E-state index is 0.351. The van der Waals surface area contributed by atoms with Gasteiger partial charge in [0.05, 0.1) is 0 Å². The molecule has 0 N–H and O–H groups in total. The minimum Gasteiger partial charge on any atom is -0.302 e. The van der Waals surface area contributed by atoms with Crippen molar-refractivity contribution in [2.45, 2.75) is 39.7 Å². The molecule has 0 aliphatic heterocycles. The lowest BCUT2D eigenvalue weighted by molar-refractivity contribution is 0.138. The molecule has 0 rings (SSSR count). The molecule has 0 bridgehead atoms. The van der Waals surface area contributed by atoms with Gasteiger partial charge >= 0.3 is 0 Å². The van der Waals surface area contributed by atoms with Gasteiger partial charge in [-0.1, -0.05) is 13.8 Å². The monoisotopic (exact) mass is 203 g/mol. The third-order valence-corrected chi connectivity index (χ3v) is 3.71. The zero-order chi connectivity index (χ0) is 10.5. The van der Waals surface area contributed by atoms with E-state index < -0.39 is 0 Å². The van der Waals surface area contributed by atoms with Gasteiger partial charge < -0.3 is 4.90 Å². The highest BCUT2D eigenvalue weighted by Crippen LogP contribution is 2.23. The van der Waals surface area contributed by atoms with Crippen molar-refractivity contribution in [3.8, 4) is 0 Å². The van der Waals surface area contributed by atoms with Crippen LogP contribution in [-0.2, 0) is 0 Å². The van der Waals surface area contributed by atoms with E-state index in [2.05, 4.69) is 45.9 Å². The molecule has 0 amide bonds. The van der Waals surface area contributed by atoms with Crippen molar-refractivity contribution in [2.75, 3.05) is 25.6 Å². The van der Waals surface area contributed by atoms with Crippen molar-refractivity contribution in [2.24, 2.45) is 5.92 Å². The molecule has 13 heavy (non-hydrogen) atoms. The third-order valence-electron chi connectivity index (χ3n) is 2.81. The quantitative estimate of drug-likeness (QED) is 0.652. The summed E-state index contributed by atoms with van der Waals surface area (Å²) in [7, 11) is 2.21. The molecule has 1 atom stereocenters. The van der Waals surface area contributed by atoms with E-state index in [1.165, 1.54) is 12.2 Å². The van der Waals surface area contributed by atoms with E-state index in [0.717, 1.165) is 12.5 Å². The van der Waals surface area contributed by atoms with Crippen molar-refractivity contribution in [3.05, 3.63) is 0 Å². The predicted octanol–water partition coefficient (Wildman–Crippen LogP) is 3.11. The molecule has 0 saturated carbocycles. The van der Waals surface area contributed by atoms with Crippen LogP contribution in [0.3, 0.4) is 0 Å². The maximum Gasteiger partial charge on any atom is 0.0152 e. The largest absolute Gasteiger partial charge is 0.302 e. The summed E-state index contributed by atoms with van der Waals surface area (Å²) in [6, 6.07) is 0. The first-order chi connectivity index (χ1) is 5.94. The van der Waals surface area contributed by atoms with E-state index in [-0.39, 0.29) is 0 Å². The molecule has 0 aromatic rings. The van der Waals surface area contributed by atoms with Crippen molar-refractivity contribution in [3.63, 3.8) is 0 Å². The summed E-state index contributed by atoms with van der Waals surface area (Å²) in [5.74, 6) is 2.10. The van der Waals surface area contributed by atoms with Crippen molar-refractivity contribution >= 4 is 11.8 Å². The van der Waals surface area contributed by atoms with Crippen LogP contribution < -0.4 is 0 Å². The van der Waals surface area contributed by atoms with Crippen LogP contribution in [0, 0.1) is 5.92 Å². The molecule has 0 saturated heterocycles. The number of nitrogens with zero attached hydrogens (tertiary/aromatic N) is 1. The molecule has 0 radical (unpaired) electrons. The second kappa shape index (κ2) is 5.92. The molecule has 0 unspecified atom stereocenters. The van der Waals surface area contributed by atoms with Gasteiger partial charge in [-0.2, -0.15) is 11.8 Å². The average Bonchev–Trinajstić information content (AvgIpc) is 2.02. The number of hydrogen-bond acceptors (Lipinski definition) is 2. The highest BCUT2D eigenvalue weighted by molar-refractivity contribution is 7.98. The lowest BCUT2D eigenvalue weighted by atomic mass is 9.91. The smallest absolute Gasteiger partial charge is 0.0152 e. The summed E-state index contributed by atoms with van der Waals surface area (Å²) in [5.41, 5.74) is 0.351. The molecule has 80 valence electrons. The fraction of sp³-hybridized carbons (Fsp3) is 1.00. The Hall–Kier alpha value is 0.310. The first kappa shape index (κ1) is 13.3. The van der Waals surface area contributed by atoms with Gasteiger partial charge in [0.1, 0.15) is 0 Å². The second-order valence-electron chi connectivity index (χ2n) is 4.59. The maximum atomic E-state index is 2.43. The molecular formula is C11H25NS. The van der Waals surface area contributed by atoms with E-state index >= 15 is 0 Å². The molecule has 2 heteroatoms. The highest BCUT2D eigenvalue weighted by Gasteiger charge is 2.24. The van der Waals surface area contributed by atoms with Gasteiger partial charge in [0.25, 0.3) is 0 Å². The molecular weight excluding hydrogens is 178 g/mol. The van der Waals surface area contributed by atoms with Gasteiger partial charge in [0, 0.05) is 5.54 Å². The normalized spacial score (nSPS) is 15.0. The van der Waals surface area contributed by atoms with Crippen LogP contribution in [0.25, 0.3) is 0 Å². The second-order valence-corrected chi connectivity index (χ2v) is 5.50. The van der Waals surface area contributed by atoms with E-state index in [1.807, 2.05) is 11.8 Å². The van der Waals surface area contributed by atoms with Crippen molar-refractivity contribution in [1.29, 1.82) is 0 Å². The van der Waals surface area contributed by atoms with E-state index in [4.69, 9.17) is 0 Å². The average molecular weight is 203 g/mol. The van der Waals surface area contributed by atoms with Crippen LogP contribution >= 0.6 is 11.8 Å². The number of hydrogen-bond donors (Lipinski definition) is 0. The summed E-state index contributed by atoms with van der Waals surface area (Å²) in [5, 5.41) is 0. The Bertz CT molecular complexity index is 134. The topological polar surface area (TPSA) is 3.24 Å². The van der Waals surface area contributed by atoms with Gasteiger partial charge in [0.2, 0.25) is 0 Å². The molecule has 1 nitrogen and oxygen atoms in total. The lowest BCUT2D eigenvalue weighted by Gasteiger charge is -2.37. The molecule has 0 heterocycles. The summed E-state index contributed by atoms with van der Waals surface area (Å²) in [6.07, 6.45) is 3.48. The van der Waals surface area contributed by atoms with Gasteiger partial charge in [-0.05, 0) is 51.8 Å². The van der Waals surface area contributed by atoms with Gasteiger partial charge in [-0.15, -0.1) is 0 Å². The van der Waals surface area contributed by atoms with Gasteiger partial charge in [-0.25, -0.2) is 0 Å². The van der Waals surface area contributed by atoms with Crippen LogP contribution in [0.2, 0.25) is 0 Å². The van der Waals surface area contributed by atoms with E-state index in [0.29, 0.717) is 5.54 Å². The first-order valence-electron chi connectivity index (χ1n) is 5.14. The Kier molecular flexibility index (Phi) is 6.06. The predicted molar refractivity (Wildman–Crippen MR) is 64.5 cm³/mol. The van der Waals surface area contributed by atoms with Crippen molar-refractivity contribution in [1.82, 2.24) is 4.90 Å².